The summed E-state index contributed by atoms with van der Waals surface area (Å²) in [5.74, 6) is -2.34. The zero-order valence-corrected chi connectivity index (χ0v) is 47.6. The maximum absolute atomic E-state index is 13.2. The van der Waals surface area contributed by atoms with Crippen LogP contribution in [-0.4, -0.2) is 62.2 Å². The number of hydrogen-bond acceptors (Lipinski definition) is 14. The highest BCUT2D eigenvalue weighted by Crippen LogP contribution is 2.32. The maximum atomic E-state index is 13.2. The van der Waals surface area contributed by atoms with Crippen molar-refractivity contribution in [1.29, 1.82) is 0 Å². The molecule has 2 atom stereocenters. The Bertz CT molecular complexity index is 2780. The molecule has 0 heterocycles. The number of hydrogen-bond donors (Lipinski definition) is 0. The van der Waals surface area contributed by atoms with Crippen molar-refractivity contribution in [2.75, 3.05) is 14.2 Å². The fourth-order valence-electron chi connectivity index (χ4n) is 8.89. The van der Waals surface area contributed by atoms with E-state index in [1.807, 2.05) is 38.1 Å². The van der Waals surface area contributed by atoms with Crippen LogP contribution in [0.1, 0.15) is 178 Å². The van der Waals surface area contributed by atoms with Crippen molar-refractivity contribution in [1.82, 2.24) is 0 Å². The standard InChI is InChI=1S/C67H76O14/c1-7-9-11-13-15-17-20-46(3)76-64(70)52-28-24-48(25-29-52)50-32-38-56(39-33-50)78-66(72)54-36-42-58(60(44-54)74-5)80-62(68)22-19-23-63(69)81-59-43-37-55(45-61(59)75-6)67(73)79-57-40-34-51(35-41-57)49-26-30-53(31-27-49)65(71)77-47(4)21-18-16-14-12-10-8-2/h24-47H,7-23H2,1-6H3. The first-order chi connectivity index (χ1) is 39.3. The van der Waals surface area contributed by atoms with Crippen LogP contribution < -0.4 is 28.4 Å². The summed E-state index contributed by atoms with van der Waals surface area (Å²) in [5.41, 5.74) is 4.70. The number of carbonyl (C=O) groups excluding carboxylic acids is 6. The average molecular weight is 1110 g/mol. The van der Waals surface area contributed by atoms with Gasteiger partial charge in [-0.25, -0.2) is 19.2 Å². The van der Waals surface area contributed by atoms with Crippen molar-refractivity contribution in [3.8, 4) is 56.8 Å². The van der Waals surface area contributed by atoms with Gasteiger partial charge >= 0.3 is 35.8 Å². The van der Waals surface area contributed by atoms with Crippen LogP contribution in [0.4, 0.5) is 0 Å². The third-order valence-corrected chi connectivity index (χ3v) is 13.6. The molecule has 0 saturated heterocycles. The van der Waals surface area contributed by atoms with Gasteiger partial charge in [0.25, 0.3) is 0 Å². The number of methoxy groups -OCH3 is 2. The van der Waals surface area contributed by atoms with Crippen molar-refractivity contribution in [2.24, 2.45) is 0 Å². The van der Waals surface area contributed by atoms with Crippen molar-refractivity contribution in [3.05, 3.63) is 156 Å². The van der Waals surface area contributed by atoms with E-state index in [2.05, 4.69) is 13.8 Å². The monoisotopic (exact) mass is 1100 g/mol. The molecule has 0 aliphatic heterocycles. The number of benzene rings is 6. The van der Waals surface area contributed by atoms with E-state index in [9.17, 15) is 28.8 Å². The fraction of sp³-hybridized carbons (Fsp3) is 0.373. The van der Waals surface area contributed by atoms with Crippen molar-refractivity contribution in [2.45, 2.75) is 149 Å². The molecule has 6 rings (SSSR count). The molecule has 0 aromatic heterocycles. The van der Waals surface area contributed by atoms with E-state index in [1.165, 1.54) is 102 Å². The molecule has 14 heteroatoms. The lowest BCUT2D eigenvalue weighted by Crippen LogP contribution is -2.15. The van der Waals surface area contributed by atoms with Gasteiger partial charge in [-0.05, 0) is 153 Å². The molecule has 428 valence electrons. The molecule has 0 aliphatic rings. The molecule has 0 aliphatic carbocycles. The van der Waals surface area contributed by atoms with Crippen molar-refractivity contribution < 1.29 is 66.7 Å². The van der Waals surface area contributed by atoms with Crippen molar-refractivity contribution >= 4 is 35.8 Å². The molecule has 0 amide bonds. The molecule has 6 aromatic carbocycles. The van der Waals surface area contributed by atoms with Gasteiger partial charge in [-0.1, -0.05) is 127 Å². The third kappa shape index (κ3) is 20.1. The largest absolute Gasteiger partial charge is 0.493 e. The summed E-state index contributed by atoms with van der Waals surface area (Å²) in [6, 6.07) is 36.8. The summed E-state index contributed by atoms with van der Waals surface area (Å²) in [4.78, 5) is 77.5. The quantitative estimate of drug-likeness (QED) is 0.0221. The van der Waals surface area contributed by atoms with E-state index in [0.29, 0.717) is 22.6 Å². The van der Waals surface area contributed by atoms with Gasteiger partial charge in [0.2, 0.25) is 0 Å². The molecule has 0 saturated carbocycles. The zero-order valence-electron chi connectivity index (χ0n) is 47.6. The highest BCUT2D eigenvalue weighted by atomic mass is 16.6. The highest BCUT2D eigenvalue weighted by molar-refractivity contribution is 5.94. The second-order valence-electron chi connectivity index (χ2n) is 20.1. The molecule has 0 bridgehead atoms. The van der Waals surface area contributed by atoms with Crippen LogP contribution in [0.25, 0.3) is 22.3 Å². The summed E-state index contributed by atoms with van der Waals surface area (Å²) >= 11 is 0. The second kappa shape index (κ2) is 32.7. The van der Waals surface area contributed by atoms with Gasteiger partial charge in [0.15, 0.2) is 23.0 Å². The van der Waals surface area contributed by atoms with Crippen LogP contribution in [0.15, 0.2) is 133 Å². The number of ether oxygens (including phenoxy) is 8. The summed E-state index contributed by atoms with van der Waals surface area (Å²) in [5, 5.41) is 0. The number of esters is 6. The average Bonchev–Trinajstić information content (AvgIpc) is 3.48. The Balaban J connectivity index is 0.903. The second-order valence-corrected chi connectivity index (χ2v) is 20.1. The lowest BCUT2D eigenvalue weighted by Gasteiger charge is -2.13. The van der Waals surface area contributed by atoms with Gasteiger partial charge in [0, 0.05) is 12.8 Å². The Kier molecular flexibility index (Phi) is 25.0. The van der Waals surface area contributed by atoms with Crippen LogP contribution in [-0.2, 0) is 19.1 Å². The lowest BCUT2D eigenvalue weighted by atomic mass is 10.0. The predicted octanol–water partition coefficient (Wildman–Crippen LogP) is 15.7. The lowest BCUT2D eigenvalue weighted by molar-refractivity contribution is -0.136. The van der Waals surface area contributed by atoms with E-state index in [-0.39, 0.29) is 77.5 Å². The topological polar surface area (TPSA) is 176 Å². The van der Waals surface area contributed by atoms with Crippen LogP contribution in [0, 0.1) is 0 Å². The maximum Gasteiger partial charge on any atom is 0.343 e. The predicted molar refractivity (Wildman–Crippen MR) is 311 cm³/mol. The number of unbranched alkanes of at least 4 members (excludes halogenated alkanes) is 10. The first-order valence-corrected chi connectivity index (χ1v) is 28.3. The van der Waals surface area contributed by atoms with Crippen LogP contribution in [0.5, 0.6) is 34.5 Å². The Labute approximate surface area is 476 Å². The third-order valence-electron chi connectivity index (χ3n) is 13.6. The minimum absolute atomic E-state index is 0.0685. The van der Waals surface area contributed by atoms with Gasteiger partial charge < -0.3 is 37.9 Å². The van der Waals surface area contributed by atoms with Crippen LogP contribution in [0.2, 0.25) is 0 Å². The molecular weight excluding hydrogens is 1030 g/mol. The van der Waals surface area contributed by atoms with E-state index in [0.717, 1.165) is 60.8 Å². The Morgan fingerprint density at radius 1 is 0.346 bits per heavy atom. The van der Waals surface area contributed by atoms with Gasteiger partial charge in [0.1, 0.15) is 11.5 Å². The van der Waals surface area contributed by atoms with Gasteiger partial charge in [-0.15, -0.1) is 0 Å². The first-order valence-electron chi connectivity index (χ1n) is 28.3. The fourth-order valence-corrected chi connectivity index (χ4v) is 8.89. The Hall–Kier alpha value is -8.26. The van der Waals surface area contributed by atoms with E-state index >= 15 is 0 Å². The van der Waals surface area contributed by atoms with E-state index < -0.39 is 23.9 Å². The minimum Gasteiger partial charge on any atom is -0.493 e. The molecule has 0 radical (unpaired) electrons. The SMILES string of the molecule is CCCCCCCCC(C)OC(=O)c1ccc(-c2ccc(OC(=O)c3ccc(OC(=O)CCCC(=O)Oc4ccc(C(=O)Oc5ccc(-c6ccc(C(=O)OC(C)CCCCCCCC)cc6)cc5)cc4OC)c(OC)c3)cc2)cc1. The van der Waals surface area contributed by atoms with Crippen LogP contribution >= 0.6 is 0 Å². The smallest absolute Gasteiger partial charge is 0.343 e. The number of carbonyl (C=O) groups is 6. The summed E-state index contributed by atoms with van der Waals surface area (Å²) in [6.45, 7) is 8.26. The molecule has 2 unspecified atom stereocenters. The molecule has 0 N–H and O–H groups in total. The molecular formula is C67H76O14. The van der Waals surface area contributed by atoms with Crippen LogP contribution in [0.3, 0.4) is 0 Å². The highest BCUT2D eigenvalue weighted by Gasteiger charge is 2.20. The summed E-state index contributed by atoms with van der Waals surface area (Å²) < 4.78 is 44.4. The molecule has 0 fully saturated rings. The van der Waals surface area contributed by atoms with Gasteiger partial charge in [-0.2, -0.15) is 0 Å². The molecule has 0 spiro atoms. The zero-order chi connectivity index (χ0) is 57.9. The molecule has 14 nitrogen and oxygen atoms in total. The first kappa shape index (κ1) is 61.9. The minimum atomic E-state index is -0.663. The van der Waals surface area contributed by atoms with E-state index in [1.54, 1.807) is 72.8 Å². The Morgan fingerprint density at radius 3 is 1.01 bits per heavy atom. The normalized spacial score (nSPS) is 11.6. The summed E-state index contributed by atoms with van der Waals surface area (Å²) in [7, 11) is 2.74. The van der Waals surface area contributed by atoms with E-state index in [4.69, 9.17) is 37.9 Å². The van der Waals surface area contributed by atoms with Gasteiger partial charge in [0.05, 0.1) is 48.7 Å². The number of rotatable bonds is 32. The summed E-state index contributed by atoms with van der Waals surface area (Å²) in [6.07, 6.45) is 15.4. The molecule has 81 heavy (non-hydrogen) atoms. The van der Waals surface area contributed by atoms with Crippen molar-refractivity contribution in [3.63, 3.8) is 0 Å². The van der Waals surface area contributed by atoms with Gasteiger partial charge in [-0.3, -0.25) is 9.59 Å². The molecule has 6 aromatic rings. The Morgan fingerprint density at radius 2 is 0.667 bits per heavy atom.